The quantitative estimate of drug-likeness (QED) is 0.645. The van der Waals surface area contributed by atoms with Crippen LogP contribution in [0.4, 0.5) is 0 Å². The van der Waals surface area contributed by atoms with E-state index in [2.05, 4.69) is 18.4 Å². The van der Waals surface area contributed by atoms with Crippen LogP contribution in [0.15, 0.2) is 0 Å². The second-order valence-electron chi connectivity index (χ2n) is 3.85. The summed E-state index contributed by atoms with van der Waals surface area (Å²) in [6, 6.07) is 1.25. The van der Waals surface area contributed by atoms with E-state index in [-0.39, 0.29) is 0 Å². The molecule has 0 bridgehead atoms. The zero-order valence-corrected chi connectivity index (χ0v) is 10.3. The third-order valence-electron chi connectivity index (χ3n) is 2.91. The third-order valence-corrected chi connectivity index (χ3v) is 5.22. The number of rotatable bonds is 3. The molecular formula is C9H21NO2Si. The van der Waals surface area contributed by atoms with Crippen LogP contribution in [-0.4, -0.2) is 40.3 Å². The van der Waals surface area contributed by atoms with E-state index in [0.717, 1.165) is 0 Å². The van der Waals surface area contributed by atoms with Crippen molar-refractivity contribution in [3.63, 3.8) is 0 Å². The number of nitrogens with zero attached hydrogens (tertiary/aromatic N) is 1. The molecule has 0 aliphatic carbocycles. The maximum atomic E-state index is 5.42. The fourth-order valence-electron chi connectivity index (χ4n) is 2.20. The second kappa shape index (κ2) is 5.10. The first-order chi connectivity index (χ1) is 6.20. The molecule has 1 heterocycles. The highest BCUT2D eigenvalue weighted by molar-refractivity contribution is 6.41. The zero-order chi connectivity index (χ0) is 9.84. The summed E-state index contributed by atoms with van der Waals surface area (Å²) in [5.74, 6) is 0. The Morgan fingerprint density at radius 2 is 1.54 bits per heavy atom. The van der Waals surface area contributed by atoms with Gasteiger partial charge in [-0.1, -0.05) is 20.3 Å². The van der Waals surface area contributed by atoms with E-state index >= 15 is 0 Å². The first kappa shape index (κ1) is 11.2. The highest BCUT2D eigenvalue weighted by Crippen LogP contribution is 2.23. The molecule has 1 aliphatic heterocycles. The van der Waals surface area contributed by atoms with Gasteiger partial charge in [-0.15, -0.1) is 0 Å². The highest BCUT2D eigenvalue weighted by Gasteiger charge is 2.33. The van der Waals surface area contributed by atoms with Crippen LogP contribution in [0.3, 0.4) is 0 Å². The minimum atomic E-state index is -1.56. The molecule has 1 saturated heterocycles. The maximum absolute atomic E-state index is 5.42. The molecule has 0 saturated carbocycles. The lowest BCUT2D eigenvalue weighted by Gasteiger charge is -2.41. The van der Waals surface area contributed by atoms with Crippen LogP contribution < -0.4 is 0 Å². The molecular weight excluding hydrogens is 182 g/mol. The van der Waals surface area contributed by atoms with Crippen LogP contribution in [0.1, 0.15) is 33.1 Å². The van der Waals surface area contributed by atoms with E-state index in [4.69, 9.17) is 8.85 Å². The monoisotopic (exact) mass is 203 g/mol. The van der Waals surface area contributed by atoms with Gasteiger partial charge >= 0.3 is 9.45 Å². The van der Waals surface area contributed by atoms with Gasteiger partial charge in [-0.3, -0.25) is 4.57 Å². The Balaban J connectivity index is 2.60. The van der Waals surface area contributed by atoms with Gasteiger partial charge in [-0.05, 0) is 12.8 Å². The standard InChI is InChI=1S/C9H21NO2Si/c1-8-6-5-7-9(2)10(8)13(11-3)12-4/h8-9,13H,5-7H2,1-4H3/t8-,9+. The Bertz CT molecular complexity index is 143. The lowest BCUT2D eigenvalue weighted by atomic mass is 10.0. The molecule has 3 nitrogen and oxygen atoms in total. The first-order valence-corrected chi connectivity index (χ1v) is 6.49. The summed E-state index contributed by atoms with van der Waals surface area (Å²) in [5.41, 5.74) is 0. The molecule has 1 fully saturated rings. The van der Waals surface area contributed by atoms with Crippen molar-refractivity contribution >= 4 is 9.45 Å². The summed E-state index contributed by atoms with van der Waals surface area (Å²) in [6.45, 7) is 4.54. The van der Waals surface area contributed by atoms with Gasteiger partial charge in [0.15, 0.2) is 0 Å². The summed E-state index contributed by atoms with van der Waals surface area (Å²) < 4.78 is 13.3. The van der Waals surface area contributed by atoms with Crippen LogP contribution in [0, 0.1) is 0 Å². The molecule has 78 valence electrons. The van der Waals surface area contributed by atoms with E-state index in [9.17, 15) is 0 Å². The Morgan fingerprint density at radius 3 is 1.92 bits per heavy atom. The first-order valence-electron chi connectivity index (χ1n) is 5.03. The maximum Gasteiger partial charge on any atom is 0.410 e. The largest absolute Gasteiger partial charge is 0.410 e. The average molecular weight is 203 g/mol. The van der Waals surface area contributed by atoms with Crippen molar-refractivity contribution in [2.45, 2.75) is 45.2 Å². The van der Waals surface area contributed by atoms with Crippen molar-refractivity contribution in [1.82, 2.24) is 4.57 Å². The van der Waals surface area contributed by atoms with E-state index in [1.54, 1.807) is 14.2 Å². The Labute approximate surface area is 82.9 Å². The molecule has 0 amide bonds. The molecule has 13 heavy (non-hydrogen) atoms. The summed E-state index contributed by atoms with van der Waals surface area (Å²) in [6.07, 6.45) is 3.90. The van der Waals surface area contributed by atoms with Gasteiger partial charge in [0.1, 0.15) is 0 Å². The molecule has 1 rings (SSSR count). The van der Waals surface area contributed by atoms with Crippen LogP contribution in [0.25, 0.3) is 0 Å². The summed E-state index contributed by atoms with van der Waals surface area (Å²) in [5, 5.41) is 0. The lowest BCUT2D eigenvalue weighted by Crippen LogP contribution is -2.54. The number of hydrogen-bond acceptors (Lipinski definition) is 3. The van der Waals surface area contributed by atoms with E-state index in [1.807, 2.05) is 0 Å². The molecule has 2 atom stereocenters. The lowest BCUT2D eigenvalue weighted by molar-refractivity contribution is 0.114. The third kappa shape index (κ3) is 2.53. The van der Waals surface area contributed by atoms with Crippen molar-refractivity contribution in [3.05, 3.63) is 0 Å². The molecule has 0 aromatic carbocycles. The molecule has 0 radical (unpaired) electrons. The zero-order valence-electron chi connectivity index (χ0n) is 9.12. The Kier molecular flexibility index (Phi) is 4.38. The fraction of sp³-hybridized carbons (Fsp3) is 1.00. The van der Waals surface area contributed by atoms with Gasteiger partial charge in [-0.2, -0.15) is 0 Å². The van der Waals surface area contributed by atoms with Gasteiger partial charge in [0, 0.05) is 26.3 Å². The molecule has 0 unspecified atom stereocenters. The highest BCUT2D eigenvalue weighted by atomic mass is 28.3. The minimum absolute atomic E-state index is 0.625. The number of hydrogen-bond donors (Lipinski definition) is 0. The van der Waals surface area contributed by atoms with E-state index in [0.29, 0.717) is 12.1 Å². The van der Waals surface area contributed by atoms with Gasteiger partial charge in [0.05, 0.1) is 0 Å². The van der Waals surface area contributed by atoms with Gasteiger partial charge in [0.2, 0.25) is 0 Å². The topological polar surface area (TPSA) is 21.7 Å². The Hall–Kier alpha value is 0.0969. The second-order valence-corrected chi connectivity index (χ2v) is 6.01. The van der Waals surface area contributed by atoms with Crippen molar-refractivity contribution in [3.8, 4) is 0 Å². The van der Waals surface area contributed by atoms with Crippen molar-refractivity contribution in [2.75, 3.05) is 14.2 Å². The summed E-state index contributed by atoms with van der Waals surface area (Å²) in [7, 11) is 1.96. The smallest absolute Gasteiger partial charge is 0.388 e. The molecule has 0 aromatic heterocycles. The van der Waals surface area contributed by atoms with Crippen LogP contribution in [-0.2, 0) is 8.85 Å². The summed E-state index contributed by atoms with van der Waals surface area (Å²) in [4.78, 5) is 0. The Morgan fingerprint density at radius 1 is 1.08 bits per heavy atom. The van der Waals surface area contributed by atoms with Gasteiger partial charge < -0.3 is 8.85 Å². The van der Waals surface area contributed by atoms with Crippen molar-refractivity contribution in [1.29, 1.82) is 0 Å². The van der Waals surface area contributed by atoms with E-state index in [1.165, 1.54) is 19.3 Å². The molecule has 4 heteroatoms. The average Bonchev–Trinajstić information content (AvgIpc) is 2.11. The number of piperidine rings is 1. The molecule has 0 aromatic rings. The SMILES string of the molecule is CO[SiH](OC)N1[C@H](C)CCC[C@@H]1C. The van der Waals surface area contributed by atoms with Crippen molar-refractivity contribution < 1.29 is 8.85 Å². The van der Waals surface area contributed by atoms with Crippen LogP contribution in [0.2, 0.25) is 0 Å². The van der Waals surface area contributed by atoms with Crippen LogP contribution >= 0.6 is 0 Å². The predicted molar refractivity (Wildman–Crippen MR) is 55.8 cm³/mol. The minimum Gasteiger partial charge on any atom is -0.388 e. The summed E-state index contributed by atoms with van der Waals surface area (Å²) >= 11 is 0. The van der Waals surface area contributed by atoms with Crippen molar-refractivity contribution in [2.24, 2.45) is 0 Å². The van der Waals surface area contributed by atoms with E-state index < -0.39 is 9.45 Å². The molecule has 1 aliphatic rings. The predicted octanol–water partition coefficient (Wildman–Crippen LogP) is 1.26. The molecule has 0 spiro atoms. The molecule has 0 N–H and O–H groups in total. The van der Waals surface area contributed by atoms with Gasteiger partial charge in [-0.25, -0.2) is 0 Å². The fourth-order valence-corrected chi connectivity index (χ4v) is 4.01. The van der Waals surface area contributed by atoms with Crippen LogP contribution in [0.5, 0.6) is 0 Å². The van der Waals surface area contributed by atoms with Gasteiger partial charge in [0.25, 0.3) is 0 Å². The normalized spacial score (nSPS) is 31.2.